The number of thiazole rings is 1. The van der Waals surface area contributed by atoms with E-state index in [1.165, 1.54) is 34.1 Å². The van der Waals surface area contributed by atoms with Gasteiger partial charge < -0.3 is 14.7 Å². The average molecular weight is 427 g/mol. The minimum Gasteiger partial charge on any atom is -0.481 e. The number of carbonyl (C=O) groups is 2. The van der Waals surface area contributed by atoms with E-state index in [9.17, 15) is 14.0 Å². The fourth-order valence-corrected chi connectivity index (χ4v) is 4.57. The van der Waals surface area contributed by atoms with E-state index in [-0.39, 0.29) is 13.0 Å². The molecular weight excluding hydrogens is 403 g/mol. The number of hydrogen-bond acceptors (Lipinski definition) is 6. The summed E-state index contributed by atoms with van der Waals surface area (Å²) in [7, 11) is 1.61. The van der Waals surface area contributed by atoms with Crippen molar-refractivity contribution >= 4 is 35.2 Å². The van der Waals surface area contributed by atoms with Gasteiger partial charge in [0.2, 0.25) is 0 Å². The molecule has 1 amide bonds. The number of thioether (sulfide) groups is 1. The predicted octanol–water partition coefficient (Wildman–Crippen LogP) is 4.88. The van der Waals surface area contributed by atoms with Gasteiger partial charge in [0, 0.05) is 18.4 Å². The van der Waals surface area contributed by atoms with Crippen LogP contribution in [0.15, 0.2) is 28.5 Å². The molecule has 0 fully saturated rings. The van der Waals surface area contributed by atoms with Gasteiger partial charge in [-0.15, -0.1) is 23.1 Å². The van der Waals surface area contributed by atoms with Crippen LogP contribution in [-0.4, -0.2) is 45.5 Å². The molecule has 0 saturated carbocycles. The van der Waals surface area contributed by atoms with E-state index < -0.39 is 23.5 Å². The van der Waals surface area contributed by atoms with Crippen LogP contribution in [0, 0.1) is 5.82 Å². The van der Waals surface area contributed by atoms with E-state index >= 15 is 0 Å². The molecule has 0 aliphatic carbocycles. The van der Waals surface area contributed by atoms with Crippen molar-refractivity contribution in [3.8, 4) is 11.3 Å². The first-order valence-electron chi connectivity index (χ1n) is 8.60. The van der Waals surface area contributed by atoms with Gasteiger partial charge >= 0.3 is 12.1 Å². The molecule has 28 heavy (non-hydrogen) atoms. The molecular formula is C19H23FN2O4S2. The van der Waals surface area contributed by atoms with Gasteiger partial charge in [-0.1, -0.05) is 12.1 Å². The highest BCUT2D eigenvalue weighted by atomic mass is 32.2. The highest BCUT2D eigenvalue weighted by Crippen LogP contribution is 2.38. The summed E-state index contributed by atoms with van der Waals surface area (Å²) in [6.45, 7) is 5.57. The van der Waals surface area contributed by atoms with Crippen LogP contribution in [0.5, 0.6) is 0 Å². The van der Waals surface area contributed by atoms with Crippen molar-refractivity contribution < 1.29 is 23.8 Å². The van der Waals surface area contributed by atoms with Gasteiger partial charge in [0.1, 0.15) is 16.4 Å². The fraction of sp³-hybridized carbons (Fsp3) is 0.421. The third-order valence-electron chi connectivity index (χ3n) is 3.40. The Balaban J connectivity index is 2.24. The Morgan fingerprint density at radius 2 is 2.00 bits per heavy atom. The van der Waals surface area contributed by atoms with Crippen molar-refractivity contribution in [2.45, 2.75) is 43.5 Å². The molecule has 0 radical (unpaired) electrons. The second-order valence-electron chi connectivity index (χ2n) is 7.05. The van der Waals surface area contributed by atoms with Gasteiger partial charge in [-0.3, -0.25) is 4.79 Å². The van der Waals surface area contributed by atoms with Gasteiger partial charge in [0.25, 0.3) is 0 Å². The van der Waals surface area contributed by atoms with Crippen LogP contribution < -0.4 is 0 Å². The Morgan fingerprint density at radius 3 is 2.61 bits per heavy atom. The normalized spacial score (nSPS) is 11.3. The number of halogens is 1. The van der Waals surface area contributed by atoms with Crippen molar-refractivity contribution in [3.05, 3.63) is 35.1 Å². The third-order valence-corrected chi connectivity index (χ3v) is 5.70. The first kappa shape index (κ1) is 22.2. The van der Waals surface area contributed by atoms with Gasteiger partial charge in [0.05, 0.1) is 22.9 Å². The first-order valence-corrected chi connectivity index (χ1v) is 10.4. The maximum Gasteiger partial charge on any atom is 0.410 e. The van der Waals surface area contributed by atoms with Crippen LogP contribution in [0.25, 0.3) is 11.3 Å². The largest absolute Gasteiger partial charge is 0.481 e. The Bertz CT molecular complexity index is 849. The van der Waals surface area contributed by atoms with Crippen LogP contribution in [0.4, 0.5) is 9.18 Å². The molecule has 0 spiro atoms. The maximum absolute atomic E-state index is 14.3. The molecule has 0 atom stereocenters. The summed E-state index contributed by atoms with van der Waals surface area (Å²) in [5.74, 6) is -0.949. The number of hydrogen-bond donors (Lipinski definition) is 1. The highest BCUT2D eigenvalue weighted by Gasteiger charge is 2.22. The molecule has 1 heterocycles. The lowest BCUT2D eigenvalue weighted by Gasteiger charge is -2.24. The van der Waals surface area contributed by atoms with Crippen LogP contribution in [-0.2, 0) is 16.1 Å². The number of ether oxygens (including phenoxy) is 1. The summed E-state index contributed by atoms with van der Waals surface area (Å²) < 4.78 is 20.3. The number of aliphatic carboxylic acids is 1. The third kappa shape index (κ3) is 6.49. The molecule has 0 saturated heterocycles. The number of amides is 1. The average Bonchev–Trinajstić information content (AvgIpc) is 2.95. The molecule has 152 valence electrons. The zero-order valence-corrected chi connectivity index (χ0v) is 17.8. The second kappa shape index (κ2) is 9.38. The van der Waals surface area contributed by atoms with E-state index in [1.807, 2.05) is 0 Å². The lowest BCUT2D eigenvalue weighted by molar-refractivity contribution is -0.136. The van der Waals surface area contributed by atoms with Gasteiger partial charge in [-0.25, -0.2) is 14.2 Å². The first-order chi connectivity index (χ1) is 13.1. The van der Waals surface area contributed by atoms with Crippen molar-refractivity contribution in [1.82, 2.24) is 9.88 Å². The summed E-state index contributed by atoms with van der Waals surface area (Å²) in [4.78, 5) is 28.9. The summed E-state index contributed by atoms with van der Waals surface area (Å²) in [6, 6.07) is 6.30. The van der Waals surface area contributed by atoms with E-state index in [0.29, 0.717) is 22.0 Å². The predicted molar refractivity (Wildman–Crippen MR) is 108 cm³/mol. The Labute approximate surface area is 171 Å². The molecule has 6 nitrogen and oxygen atoms in total. The quantitative estimate of drug-likeness (QED) is 0.636. The Morgan fingerprint density at radius 1 is 1.32 bits per heavy atom. The number of carboxylic acid groups (broad SMARTS) is 1. The number of benzene rings is 1. The molecule has 9 heteroatoms. The van der Waals surface area contributed by atoms with Crippen LogP contribution in [0.1, 0.15) is 32.2 Å². The molecule has 0 aliphatic rings. The molecule has 1 aromatic heterocycles. The van der Waals surface area contributed by atoms with Crippen molar-refractivity contribution in [2.75, 3.05) is 12.8 Å². The minimum absolute atomic E-state index is 0.00752. The Hall–Kier alpha value is -2.13. The SMILES string of the molecule is CN(Cc1nc(-c2ccccc2F)c(SCCC(=O)O)s1)C(=O)OC(C)(C)C. The van der Waals surface area contributed by atoms with Crippen molar-refractivity contribution in [1.29, 1.82) is 0 Å². The molecule has 0 unspecified atom stereocenters. The van der Waals surface area contributed by atoms with Crippen LogP contribution in [0.3, 0.4) is 0 Å². The van der Waals surface area contributed by atoms with Gasteiger partial charge in [-0.2, -0.15) is 0 Å². The topological polar surface area (TPSA) is 79.7 Å². The summed E-state index contributed by atoms with van der Waals surface area (Å²) in [6.07, 6.45) is -0.484. The van der Waals surface area contributed by atoms with Crippen molar-refractivity contribution in [2.24, 2.45) is 0 Å². The smallest absolute Gasteiger partial charge is 0.410 e. The molecule has 0 bridgehead atoms. The highest BCUT2D eigenvalue weighted by molar-refractivity contribution is 8.01. The zero-order chi connectivity index (χ0) is 20.9. The van der Waals surface area contributed by atoms with E-state index in [4.69, 9.17) is 9.84 Å². The number of carbonyl (C=O) groups excluding carboxylic acids is 1. The van der Waals surface area contributed by atoms with Crippen molar-refractivity contribution in [3.63, 3.8) is 0 Å². The summed E-state index contributed by atoms with van der Waals surface area (Å²) in [5, 5.41) is 9.47. The van der Waals surface area contributed by atoms with Gasteiger partial charge in [-0.05, 0) is 32.9 Å². The summed E-state index contributed by atoms with van der Waals surface area (Å²) >= 11 is 2.64. The minimum atomic E-state index is -0.894. The fourth-order valence-electron chi connectivity index (χ4n) is 2.18. The van der Waals surface area contributed by atoms with Gasteiger partial charge in [0.15, 0.2) is 0 Å². The molecule has 2 rings (SSSR count). The zero-order valence-electron chi connectivity index (χ0n) is 16.2. The molecule has 1 N–H and O–H groups in total. The lowest BCUT2D eigenvalue weighted by Crippen LogP contribution is -2.33. The second-order valence-corrected chi connectivity index (χ2v) is 9.50. The summed E-state index contributed by atoms with van der Waals surface area (Å²) in [5.41, 5.74) is 0.207. The Kier molecular flexibility index (Phi) is 7.42. The van der Waals surface area contributed by atoms with E-state index in [0.717, 1.165) is 4.21 Å². The van der Waals surface area contributed by atoms with E-state index in [2.05, 4.69) is 4.98 Å². The lowest BCUT2D eigenvalue weighted by atomic mass is 10.1. The number of rotatable bonds is 7. The molecule has 0 aliphatic heterocycles. The standard InChI is InChI=1S/C19H23FN2O4S2/c1-19(2,3)26-18(25)22(4)11-14-21-16(12-7-5-6-8-13(12)20)17(28-14)27-10-9-15(23)24/h5-8H,9-11H2,1-4H3,(H,23,24). The molecule has 2 aromatic rings. The maximum atomic E-state index is 14.3. The van der Waals surface area contributed by atoms with Crippen LogP contribution >= 0.6 is 23.1 Å². The van der Waals surface area contributed by atoms with Crippen LogP contribution in [0.2, 0.25) is 0 Å². The number of aromatic nitrogens is 1. The molecule has 1 aromatic carbocycles. The van der Waals surface area contributed by atoms with E-state index in [1.54, 1.807) is 46.0 Å². The number of nitrogens with zero attached hydrogens (tertiary/aromatic N) is 2. The monoisotopic (exact) mass is 426 g/mol. The number of carboxylic acids is 1.